The van der Waals surface area contributed by atoms with Crippen LogP contribution >= 0.6 is 0 Å². The van der Waals surface area contributed by atoms with E-state index >= 15 is 0 Å². The van der Waals surface area contributed by atoms with E-state index in [4.69, 9.17) is 0 Å². The highest BCUT2D eigenvalue weighted by atomic mass is 14.6. The fourth-order valence-electron chi connectivity index (χ4n) is 8.98. The minimum atomic E-state index is 0.693. The quantitative estimate of drug-likeness (QED) is 0.316. The molecule has 0 spiro atoms. The van der Waals surface area contributed by atoms with Gasteiger partial charge in [-0.05, 0) is 125 Å². The van der Waals surface area contributed by atoms with E-state index < -0.39 is 0 Å². The van der Waals surface area contributed by atoms with Crippen LogP contribution in [0.3, 0.4) is 0 Å². The Bertz CT molecular complexity index is 554. The maximum atomic E-state index is 2.74. The second kappa shape index (κ2) is 8.47. The van der Waals surface area contributed by atoms with E-state index in [1.165, 1.54) is 50.5 Å². The lowest BCUT2D eigenvalue weighted by molar-refractivity contribution is -0.111. The summed E-state index contributed by atoms with van der Waals surface area (Å²) >= 11 is 0. The third-order valence-corrected chi connectivity index (χ3v) is 10.6. The van der Waals surface area contributed by atoms with Crippen LogP contribution < -0.4 is 0 Å². The second-order valence-corrected chi connectivity index (χ2v) is 12.1. The van der Waals surface area contributed by atoms with E-state index in [2.05, 4.69) is 33.8 Å². The summed E-state index contributed by atoms with van der Waals surface area (Å²) in [5.74, 6) is 5.35. The highest BCUT2D eigenvalue weighted by Gasteiger charge is 2.59. The van der Waals surface area contributed by atoms with E-state index in [0.29, 0.717) is 10.8 Å². The molecule has 160 valence electrons. The van der Waals surface area contributed by atoms with Gasteiger partial charge in [-0.1, -0.05) is 51.2 Å². The van der Waals surface area contributed by atoms with E-state index in [1.54, 1.807) is 51.4 Å². The molecule has 4 aliphatic rings. The van der Waals surface area contributed by atoms with Gasteiger partial charge in [0.25, 0.3) is 0 Å². The molecular weight excluding hydrogens is 336 g/mol. The lowest BCUT2D eigenvalue weighted by Crippen LogP contribution is -2.52. The van der Waals surface area contributed by atoms with Gasteiger partial charge >= 0.3 is 0 Å². The number of hydrogen-bond acceptors (Lipinski definition) is 0. The van der Waals surface area contributed by atoms with Gasteiger partial charge in [0.1, 0.15) is 0 Å². The molecule has 0 N–H and O–H groups in total. The number of unbranched alkanes of at least 4 members (excludes halogenated alkanes) is 3. The summed E-state index contributed by atoms with van der Waals surface area (Å²) in [5, 5.41) is 0. The van der Waals surface area contributed by atoms with Crippen LogP contribution in [0.5, 0.6) is 0 Å². The van der Waals surface area contributed by atoms with Crippen molar-refractivity contribution in [1.29, 1.82) is 0 Å². The molecule has 0 heteroatoms. The van der Waals surface area contributed by atoms with E-state index in [9.17, 15) is 0 Å². The van der Waals surface area contributed by atoms with Gasteiger partial charge in [0, 0.05) is 0 Å². The number of fused-ring (bicyclic) bond motifs is 5. The predicted molar refractivity (Wildman–Crippen MR) is 122 cm³/mol. The minimum absolute atomic E-state index is 0.693. The molecule has 0 nitrogen and oxygen atoms in total. The Kier molecular flexibility index (Phi) is 6.35. The van der Waals surface area contributed by atoms with Crippen LogP contribution in [0.1, 0.15) is 124 Å². The molecular formula is C28H48. The molecule has 0 radical (unpaired) electrons. The first-order chi connectivity index (χ1) is 13.4. The number of hydrogen-bond donors (Lipinski definition) is 0. The first kappa shape index (κ1) is 21.0. The smallest absolute Gasteiger partial charge is 0.0266 e. The Labute approximate surface area is 176 Å². The van der Waals surface area contributed by atoms with Crippen molar-refractivity contribution in [2.75, 3.05) is 0 Å². The molecule has 0 aromatic rings. The fourth-order valence-corrected chi connectivity index (χ4v) is 8.98. The summed E-state index contributed by atoms with van der Waals surface area (Å²) in [4.78, 5) is 0. The Morgan fingerprint density at radius 1 is 0.786 bits per heavy atom. The summed E-state index contributed by atoms with van der Waals surface area (Å²) in [7, 11) is 0. The average molecular weight is 385 g/mol. The van der Waals surface area contributed by atoms with Gasteiger partial charge in [0.15, 0.2) is 0 Å². The third kappa shape index (κ3) is 3.76. The Morgan fingerprint density at radius 2 is 1.61 bits per heavy atom. The van der Waals surface area contributed by atoms with Crippen LogP contribution in [-0.2, 0) is 0 Å². The normalized spacial score (nSPS) is 45.1. The lowest BCUT2D eigenvalue weighted by atomic mass is 9.45. The monoisotopic (exact) mass is 384 g/mol. The molecule has 0 aromatic heterocycles. The molecule has 4 fully saturated rings. The van der Waals surface area contributed by atoms with Crippen molar-refractivity contribution >= 4 is 0 Å². The van der Waals surface area contributed by atoms with Crippen molar-refractivity contribution in [2.45, 2.75) is 124 Å². The Balaban J connectivity index is 1.35. The van der Waals surface area contributed by atoms with Crippen LogP contribution in [-0.4, -0.2) is 0 Å². The first-order valence-electron chi connectivity index (χ1n) is 13.1. The largest absolute Gasteiger partial charge is 0.0859 e. The first-order valence-corrected chi connectivity index (χ1v) is 13.1. The Morgan fingerprint density at radius 3 is 2.43 bits per heavy atom. The highest BCUT2D eigenvalue weighted by molar-refractivity contribution is 5.08. The zero-order chi connectivity index (χ0) is 19.8. The summed E-state index contributed by atoms with van der Waals surface area (Å²) in [6, 6.07) is 0. The topological polar surface area (TPSA) is 0 Å². The zero-order valence-corrected chi connectivity index (χ0v) is 19.6. The van der Waals surface area contributed by atoms with Crippen molar-refractivity contribution in [3.63, 3.8) is 0 Å². The van der Waals surface area contributed by atoms with Gasteiger partial charge < -0.3 is 0 Å². The molecule has 0 amide bonds. The van der Waals surface area contributed by atoms with Gasteiger partial charge in [-0.25, -0.2) is 0 Å². The molecule has 7 unspecified atom stereocenters. The molecule has 28 heavy (non-hydrogen) atoms. The van der Waals surface area contributed by atoms with E-state index in [0.717, 1.165) is 29.6 Å². The van der Waals surface area contributed by atoms with Gasteiger partial charge in [-0.3, -0.25) is 0 Å². The SMILES string of the molecule is CC(C)=CCCCCCC1CCC2C3CCC4CCCCC4(C)C3CCC12C. The molecule has 0 heterocycles. The molecule has 0 aliphatic heterocycles. The standard InChI is InChI=1S/C28H48/c1-21(2)11-7-5-6-8-12-23-15-17-25-24-16-14-22-13-9-10-19-27(22,3)26(24)18-20-28(23,25)4/h11,22-26H,5-10,12-20H2,1-4H3. The zero-order valence-electron chi connectivity index (χ0n) is 19.6. The van der Waals surface area contributed by atoms with E-state index in [1.807, 2.05) is 0 Å². The second-order valence-electron chi connectivity index (χ2n) is 12.1. The van der Waals surface area contributed by atoms with E-state index in [-0.39, 0.29) is 0 Å². The Hall–Kier alpha value is -0.260. The van der Waals surface area contributed by atoms with Crippen molar-refractivity contribution in [3.8, 4) is 0 Å². The fraction of sp³-hybridized carbons (Fsp3) is 0.929. The predicted octanol–water partition coefficient (Wildman–Crippen LogP) is 8.95. The van der Waals surface area contributed by atoms with Crippen LogP contribution in [0.4, 0.5) is 0 Å². The summed E-state index contributed by atoms with van der Waals surface area (Å²) in [6.45, 7) is 9.94. The molecule has 0 bridgehead atoms. The van der Waals surface area contributed by atoms with Gasteiger partial charge in [0.05, 0.1) is 0 Å². The average Bonchev–Trinajstić information content (AvgIpc) is 3.00. The summed E-state index contributed by atoms with van der Waals surface area (Å²) < 4.78 is 0. The van der Waals surface area contributed by atoms with Crippen LogP contribution in [0.2, 0.25) is 0 Å². The maximum absolute atomic E-state index is 2.74. The number of rotatable bonds is 6. The molecule has 7 atom stereocenters. The van der Waals surface area contributed by atoms with Crippen LogP contribution in [0.25, 0.3) is 0 Å². The molecule has 0 aromatic carbocycles. The van der Waals surface area contributed by atoms with Crippen molar-refractivity contribution in [2.24, 2.45) is 40.4 Å². The van der Waals surface area contributed by atoms with Gasteiger partial charge in [0.2, 0.25) is 0 Å². The molecule has 4 rings (SSSR count). The van der Waals surface area contributed by atoms with Crippen LogP contribution in [0, 0.1) is 40.4 Å². The third-order valence-electron chi connectivity index (χ3n) is 10.6. The maximum Gasteiger partial charge on any atom is -0.0266 e. The van der Waals surface area contributed by atoms with Gasteiger partial charge in [-0.15, -0.1) is 0 Å². The number of allylic oxidation sites excluding steroid dienone is 2. The summed E-state index contributed by atoms with van der Waals surface area (Å²) in [5.41, 5.74) is 2.90. The molecule has 4 saturated carbocycles. The minimum Gasteiger partial charge on any atom is -0.0859 e. The lowest BCUT2D eigenvalue weighted by Gasteiger charge is -2.60. The van der Waals surface area contributed by atoms with Crippen LogP contribution in [0.15, 0.2) is 11.6 Å². The van der Waals surface area contributed by atoms with Gasteiger partial charge in [-0.2, -0.15) is 0 Å². The van der Waals surface area contributed by atoms with Crippen molar-refractivity contribution in [1.82, 2.24) is 0 Å². The van der Waals surface area contributed by atoms with Crippen molar-refractivity contribution < 1.29 is 0 Å². The van der Waals surface area contributed by atoms with Crippen molar-refractivity contribution in [3.05, 3.63) is 11.6 Å². The summed E-state index contributed by atoms with van der Waals surface area (Å²) in [6.07, 6.45) is 25.2. The highest BCUT2D eigenvalue weighted by Crippen LogP contribution is 2.67. The molecule has 4 aliphatic carbocycles. The molecule has 0 saturated heterocycles.